The number of amides is 2. The molecular weight excluding hydrogens is 553 g/mol. The number of nitrogens with zero attached hydrogens (tertiary/aromatic N) is 4. The van der Waals surface area contributed by atoms with Crippen molar-refractivity contribution in [1.29, 1.82) is 0 Å². The maximum atomic E-state index is 14.1. The van der Waals surface area contributed by atoms with Gasteiger partial charge in [-0.25, -0.2) is 4.79 Å². The van der Waals surface area contributed by atoms with E-state index in [9.17, 15) is 13.6 Å². The van der Waals surface area contributed by atoms with Gasteiger partial charge in [0.05, 0.1) is 25.3 Å². The number of rotatable bonds is 13. The third kappa shape index (κ3) is 8.50. The van der Waals surface area contributed by atoms with Crippen molar-refractivity contribution in [2.24, 2.45) is 4.99 Å². The van der Waals surface area contributed by atoms with E-state index in [0.717, 1.165) is 30.8 Å². The molecular formula is C33H47F2N4O2P. The van der Waals surface area contributed by atoms with Crippen LogP contribution in [0.4, 0.5) is 13.6 Å². The Morgan fingerprint density at radius 2 is 1.62 bits per heavy atom. The van der Waals surface area contributed by atoms with E-state index >= 15 is 0 Å². The van der Waals surface area contributed by atoms with Gasteiger partial charge in [0.2, 0.25) is 0 Å². The van der Waals surface area contributed by atoms with Crippen LogP contribution in [0.25, 0.3) is 0 Å². The molecule has 230 valence electrons. The Labute approximate surface area is 252 Å². The third-order valence-corrected chi connectivity index (χ3v) is 8.71. The van der Waals surface area contributed by atoms with Crippen molar-refractivity contribution >= 4 is 21.1 Å². The number of methoxy groups -OCH3 is 1. The second-order valence-electron chi connectivity index (χ2n) is 11.6. The number of unbranched alkanes of at least 4 members (excludes halogenated alkanes) is 7. The van der Waals surface area contributed by atoms with Gasteiger partial charge < -0.3 is 9.64 Å². The quantitative estimate of drug-likeness (QED) is 0.176. The Morgan fingerprint density at radius 1 is 0.976 bits per heavy atom. The maximum Gasteiger partial charge on any atom is 0.325 e. The molecule has 0 saturated carbocycles. The van der Waals surface area contributed by atoms with E-state index < -0.39 is 5.66 Å². The molecule has 0 aromatic heterocycles. The Bertz CT molecular complexity index is 1190. The number of ether oxygens (including phenoxy) is 1. The largest absolute Gasteiger partial charge is 0.496 e. The van der Waals surface area contributed by atoms with E-state index in [-0.39, 0.29) is 23.4 Å². The molecule has 2 aliphatic heterocycles. The van der Waals surface area contributed by atoms with E-state index in [1.165, 1.54) is 70.6 Å². The number of urea groups is 1. The molecule has 1 saturated heterocycles. The number of alkyl halides is 2. The fraction of sp³-hybridized carbons (Fsp3) is 0.576. The number of carbonyl (C=O) groups is 1. The van der Waals surface area contributed by atoms with E-state index in [0.29, 0.717) is 31.0 Å². The summed E-state index contributed by atoms with van der Waals surface area (Å²) in [6.45, 7) is 8.77. The number of benzene rings is 2. The summed E-state index contributed by atoms with van der Waals surface area (Å²) in [5.41, 5.74) is -0.568. The minimum Gasteiger partial charge on any atom is -0.496 e. The van der Waals surface area contributed by atoms with Gasteiger partial charge in [-0.15, -0.1) is 0 Å². The number of hydrogen-bond acceptors (Lipinski definition) is 4. The number of halogens is 2. The molecule has 0 N–H and O–H groups in total. The van der Waals surface area contributed by atoms with Gasteiger partial charge in [0.15, 0.2) is 0 Å². The van der Waals surface area contributed by atoms with Gasteiger partial charge in [-0.1, -0.05) is 97.0 Å². The summed E-state index contributed by atoms with van der Waals surface area (Å²) in [4.78, 5) is 25.0. The van der Waals surface area contributed by atoms with Crippen molar-refractivity contribution in [3.05, 3.63) is 64.7 Å². The first kappa shape index (κ1) is 32.3. The molecule has 2 amide bonds. The van der Waals surface area contributed by atoms with Crippen molar-refractivity contribution in [3.8, 4) is 5.75 Å². The van der Waals surface area contributed by atoms with Crippen LogP contribution >= 0.6 is 9.24 Å². The summed E-state index contributed by atoms with van der Waals surface area (Å²) >= 11 is 0. The Kier molecular flexibility index (Phi) is 11.7. The molecule has 42 heavy (non-hydrogen) atoms. The van der Waals surface area contributed by atoms with Crippen molar-refractivity contribution in [2.45, 2.75) is 76.9 Å². The van der Waals surface area contributed by atoms with Crippen molar-refractivity contribution in [2.75, 3.05) is 46.4 Å². The predicted molar refractivity (Wildman–Crippen MR) is 170 cm³/mol. The molecule has 9 heteroatoms. The first-order valence-corrected chi connectivity index (χ1v) is 16.1. The lowest BCUT2D eigenvalue weighted by Gasteiger charge is -2.37. The zero-order valence-corrected chi connectivity index (χ0v) is 26.6. The smallest absolute Gasteiger partial charge is 0.325 e. The van der Waals surface area contributed by atoms with Crippen LogP contribution in [0.15, 0.2) is 47.5 Å². The minimum atomic E-state index is -3.09. The van der Waals surface area contributed by atoms with Crippen molar-refractivity contribution in [3.63, 3.8) is 0 Å². The van der Waals surface area contributed by atoms with Crippen LogP contribution < -0.4 is 4.74 Å². The summed E-state index contributed by atoms with van der Waals surface area (Å²) < 4.78 is 33.6. The second kappa shape index (κ2) is 15.2. The molecule has 0 radical (unpaired) electrons. The molecule has 0 bridgehead atoms. The highest BCUT2D eigenvalue weighted by Crippen LogP contribution is 2.39. The highest BCUT2D eigenvalue weighted by atomic mass is 31.0. The van der Waals surface area contributed by atoms with Crippen molar-refractivity contribution < 1.29 is 18.3 Å². The second-order valence-corrected chi connectivity index (χ2v) is 12.3. The van der Waals surface area contributed by atoms with Crippen LogP contribution in [0.5, 0.6) is 5.75 Å². The molecule has 2 unspecified atom stereocenters. The minimum absolute atomic E-state index is 0.0994. The fourth-order valence-corrected chi connectivity index (χ4v) is 5.94. The molecule has 2 atom stereocenters. The lowest BCUT2D eigenvalue weighted by Crippen LogP contribution is -2.53. The highest BCUT2D eigenvalue weighted by molar-refractivity contribution is 7.17. The fourth-order valence-electron chi connectivity index (χ4n) is 5.76. The Morgan fingerprint density at radius 3 is 2.24 bits per heavy atom. The molecule has 0 aliphatic carbocycles. The number of aryl methyl sites for hydroxylation is 1. The normalized spacial score (nSPS) is 18.0. The standard InChI is InChI=1S/C33H47F2N4O2P/c1-4-5-6-7-8-9-10-11-18-37-19-21-38(22-20-37)32(40)39-24-29(26-14-12-25(2)13-15-26)36-31(39)28-17-16-27(33(34,35)42)23-30(28)41-3/h12-17,23,29H,4-11,18-22,24,42H2,1-3H3. The molecule has 2 aromatic rings. The first-order chi connectivity index (χ1) is 20.2. The van der Waals surface area contributed by atoms with Crippen LogP contribution in [0.1, 0.15) is 86.6 Å². The molecule has 2 aromatic carbocycles. The molecule has 6 nitrogen and oxygen atoms in total. The molecule has 1 fully saturated rings. The van der Waals surface area contributed by atoms with E-state index in [2.05, 4.69) is 11.8 Å². The zero-order chi connectivity index (χ0) is 30.1. The van der Waals surface area contributed by atoms with Crippen LogP contribution in [0, 0.1) is 6.92 Å². The van der Waals surface area contributed by atoms with E-state index in [4.69, 9.17) is 9.73 Å². The van der Waals surface area contributed by atoms with Gasteiger partial charge in [0, 0.05) is 31.7 Å². The predicted octanol–water partition coefficient (Wildman–Crippen LogP) is 7.61. The van der Waals surface area contributed by atoms with Crippen LogP contribution in [0.2, 0.25) is 0 Å². The van der Waals surface area contributed by atoms with Gasteiger partial charge in [0.1, 0.15) is 11.6 Å². The van der Waals surface area contributed by atoms with Crippen molar-refractivity contribution in [1.82, 2.24) is 14.7 Å². The maximum absolute atomic E-state index is 14.1. The summed E-state index contributed by atoms with van der Waals surface area (Å²) in [7, 11) is 3.02. The summed E-state index contributed by atoms with van der Waals surface area (Å²) in [6, 6.07) is 12.1. The van der Waals surface area contributed by atoms with Crippen LogP contribution in [-0.4, -0.2) is 72.9 Å². The summed E-state index contributed by atoms with van der Waals surface area (Å²) in [5, 5.41) is 0. The Hall–Kier alpha value is -2.57. The molecule has 4 rings (SSSR count). The van der Waals surface area contributed by atoms with Gasteiger partial charge in [-0.05, 0) is 37.6 Å². The number of piperazine rings is 1. The monoisotopic (exact) mass is 600 g/mol. The van der Waals surface area contributed by atoms with Gasteiger partial charge in [-0.2, -0.15) is 8.78 Å². The van der Waals surface area contributed by atoms with Gasteiger partial charge >= 0.3 is 6.03 Å². The van der Waals surface area contributed by atoms with Crippen LogP contribution in [-0.2, 0) is 5.66 Å². The molecule has 2 heterocycles. The Balaban J connectivity index is 1.42. The van der Waals surface area contributed by atoms with Crippen LogP contribution in [0.3, 0.4) is 0 Å². The average molecular weight is 601 g/mol. The number of aliphatic imine (C=N–C) groups is 1. The SMILES string of the molecule is CCCCCCCCCCN1CCN(C(=O)N2CC(c3ccc(C)cc3)N=C2c2ccc(C(F)(F)P)cc2OC)CC1. The average Bonchev–Trinajstić information content (AvgIpc) is 3.43. The first-order valence-electron chi connectivity index (χ1n) is 15.5. The topological polar surface area (TPSA) is 48.4 Å². The van der Waals surface area contributed by atoms with Gasteiger partial charge in [0.25, 0.3) is 5.66 Å². The third-order valence-electron chi connectivity index (χ3n) is 8.38. The van der Waals surface area contributed by atoms with Gasteiger partial charge in [-0.3, -0.25) is 14.8 Å². The zero-order valence-electron chi connectivity index (χ0n) is 25.5. The lowest BCUT2D eigenvalue weighted by molar-refractivity contribution is 0.103. The molecule has 0 spiro atoms. The lowest BCUT2D eigenvalue weighted by atomic mass is 10.1. The van der Waals surface area contributed by atoms with E-state index in [1.54, 1.807) is 20.2 Å². The summed E-state index contributed by atoms with van der Waals surface area (Å²) in [5.74, 6) is 0.730. The highest BCUT2D eigenvalue weighted by Gasteiger charge is 2.37. The van der Waals surface area contributed by atoms with E-state index in [1.807, 2.05) is 36.1 Å². The number of amidine groups is 1. The number of carbonyl (C=O) groups excluding carboxylic acids is 1. The molecule has 2 aliphatic rings. The number of hydrogen-bond donors (Lipinski definition) is 0. The summed E-state index contributed by atoms with van der Waals surface area (Å²) in [6.07, 6.45) is 10.4.